The zero-order chi connectivity index (χ0) is 22.3. The topological polar surface area (TPSA) is 54.5 Å². The molecule has 0 aliphatic carbocycles. The number of benzene rings is 2. The van der Waals surface area contributed by atoms with Gasteiger partial charge in [-0.25, -0.2) is 4.98 Å². The normalized spacial score (nSPS) is 14.3. The van der Waals surface area contributed by atoms with E-state index in [-0.39, 0.29) is 12.3 Å². The standard InChI is InChI=1S/C25H29N3O2S2/c1-3-30-23-10-5-4-8-21(23)25-26-20(17-32-25)15-24(29)27-22-9-6-7-19(18(22)2)16-28-11-13-31-14-12-28/h4-10,17H,3,11-16H2,1-2H3,(H,27,29). The number of carbonyl (C=O) groups is 1. The molecular formula is C25H29N3O2S2. The number of hydrogen-bond donors (Lipinski definition) is 1. The third-order valence-corrected chi connectivity index (χ3v) is 7.40. The summed E-state index contributed by atoms with van der Waals surface area (Å²) in [5.74, 6) is 3.16. The second kappa shape index (κ2) is 11.0. The second-order valence-corrected chi connectivity index (χ2v) is 9.86. The van der Waals surface area contributed by atoms with Crippen molar-refractivity contribution in [3.63, 3.8) is 0 Å². The number of rotatable bonds is 8. The quantitative estimate of drug-likeness (QED) is 0.491. The van der Waals surface area contributed by atoms with Gasteiger partial charge in [-0.1, -0.05) is 24.3 Å². The Kier molecular flexibility index (Phi) is 7.84. The van der Waals surface area contributed by atoms with Crippen molar-refractivity contribution in [2.45, 2.75) is 26.8 Å². The van der Waals surface area contributed by atoms with E-state index in [4.69, 9.17) is 9.72 Å². The zero-order valence-corrected chi connectivity index (χ0v) is 20.2. The van der Waals surface area contributed by atoms with E-state index in [1.165, 1.54) is 28.4 Å². The first kappa shape index (κ1) is 22.8. The molecule has 2 heterocycles. The molecule has 1 fully saturated rings. The largest absolute Gasteiger partial charge is 0.493 e. The molecule has 1 amide bonds. The number of hydrogen-bond acceptors (Lipinski definition) is 6. The van der Waals surface area contributed by atoms with Crippen LogP contribution in [0.3, 0.4) is 0 Å². The summed E-state index contributed by atoms with van der Waals surface area (Å²) in [7, 11) is 0. The molecule has 5 nitrogen and oxygen atoms in total. The molecule has 0 radical (unpaired) electrons. The molecule has 2 aromatic carbocycles. The molecule has 1 aromatic heterocycles. The lowest BCUT2D eigenvalue weighted by Crippen LogP contribution is -2.32. The van der Waals surface area contributed by atoms with Gasteiger partial charge in [0.1, 0.15) is 10.8 Å². The van der Waals surface area contributed by atoms with E-state index in [0.717, 1.165) is 52.9 Å². The summed E-state index contributed by atoms with van der Waals surface area (Å²) >= 11 is 3.56. The molecule has 32 heavy (non-hydrogen) atoms. The van der Waals surface area contributed by atoms with Crippen LogP contribution in [0.15, 0.2) is 47.8 Å². The lowest BCUT2D eigenvalue weighted by molar-refractivity contribution is -0.115. The van der Waals surface area contributed by atoms with Crippen molar-refractivity contribution < 1.29 is 9.53 Å². The molecular weight excluding hydrogens is 438 g/mol. The number of nitrogens with zero attached hydrogens (tertiary/aromatic N) is 2. The van der Waals surface area contributed by atoms with Crippen LogP contribution in [0.4, 0.5) is 5.69 Å². The van der Waals surface area contributed by atoms with E-state index >= 15 is 0 Å². The molecule has 1 aliphatic heterocycles. The molecule has 3 aromatic rings. The number of thioether (sulfide) groups is 1. The first-order valence-corrected chi connectivity index (χ1v) is 13.0. The van der Waals surface area contributed by atoms with Crippen molar-refractivity contribution in [3.05, 3.63) is 64.7 Å². The molecule has 0 bridgehead atoms. The number of para-hydroxylation sites is 1. The van der Waals surface area contributed by atoms with Crippen molar-refractivity contribution >= 4 is 34.7 Å². The van der Waals surface area contributed by atoms with E-state index in [1.807, 2.05) is 60.5 Å². The highest BCUT2D eigenvalue weighted by Gasteiger charge is 2.15. The van der Waals surface area contributed by atoms with Gasteiger partial charge >= 0.3 is 0 Å². The van der Waals surface area contributed by atoms with Crippen LogP contribution < -0.4 is 10.1 Å². The van der Waals surface area contributed by atoms with E-state index in [1.54, 1.807) is 0 Å². The third kappa shape index (κ3) is 5.71. The van der Waals surface area contributed by atoms with Gasteiger partial charge in [-0.15, -0.1) is 11.3 Å². The Morgan fingerprint density at radius 2 is 1.97 bits per heavy atom. The molecule has 0 unspecified atom stereocenters. The highest BCUT2D eigenvalue weighted by Crippen LogP contribution is 2.32. The lowest BCUT2D eigenvalue weighted by Gasteiger charge is -2.27. The average Bonchev–Trinajstić information content (AvgIpc) is 3.26. The Balaban J connectivity index is 1.41. The fourth-order valence-electron chi connectivity index (χ4n) is 3.79. The van der Waals surface area contributed by atoms with Gasteiger partial charge in [0.05, 0.1) is 24.3 Å². The number of thiazole rings is 1. The van der Waals surface area contributed by atoms with Gasteiger partial charge in [-0.05, 0) is 43.2 Å². The van der Waals surface area contributed by atoms with Gasteiger partial charge in [-0.3, -0.25) is 9.69 Å². The number of aromatic nitrogens is 1. The Morgan fingerprint density at radius 3 is 2.78 bits per heavy atom. The Bertz CT molecular complexity index is 1060. The van der Waals surface area contributed by atoms with Gasteiger partial charge in [0.15, 0.2) is 0 Å². The van der Waals surface area contributed by atoms with E-state index in [9.17, 15) is 4.79 Å². The summed E-state index contributed by atoms with van der Waals surface area (Å²) in [6.07, 6.45) is 0.250. The summed E-state index contributed by atoms with van der Waals surface area (Å²) in [5, 5.41) is 5.92. The summed E-state index contributed by atoms with van der Waals surface area (Å²) in [4.78, 5) is 19.9. The highest BCUT2D eigenvalue weighted by atomic mass is 32.2. The number of ether oxygens (including phenoxy) is 1. The number of amides is 1. The van der Waals surface area contributed by atoms with Crippen LogP contribution in [-0.4, -0.2) is 47.0 Å². The smallest absolute Gasteiger partial charge is 0.230 e. The van der Waals surface area contributed by atoms with Crippen molar-refractivity contribution in [2.75, 3.05) is 36.5 Å². The van der Waals surface area contributed by atoms with Crippen molar-refractivity contribution in [3.8, 4) is 16.3 Å². The van der Waals surface area contributed by atoms with Gasteiger partial charge in [0.25, 0.3) is 0 Å². The SMILES string of the molecule is CCOc1ccccc1-c1nc(CC(=O)Nc2cccc(CN3CCSCC3)c2C)cs1. The fourth-order valence-corrected chi connectivity index (χ4v) is 5.61. The average molecular weight is 468 g/mol. The van der Waals surface area contributed by atoms with Crippen LogP contribution >= 0.6 is 23.1 Å². The minimum Gasteiger partial charge on any atom is -0.493 e. The zero-order valence-electron chi connectivity index (χ0n) is 18.6. The summed E-state index contributed by atoms with van der Waals surface area (Å²) in [6, 6.07) is 14.1. The van der Waals surface area contributed by atoms with Crippen molar-refractivity contribution in [1.82, 2.24) is 9.88 Å². The number of nitrogens with one attached hydrogen (secondary N) is 1. The maximum Gasteiger partial charge on any atom is 0.230 e. The van der Waals surface area contributed by atoms with Gasteiger partial charge in [0.2, 0.25) is 5.91 Å². The predicted molar refractivity (Wildman–Crippen MR) is 135 cm³/mol. The van der Waals surface area contributed by atoms with Gasteiger partial charge < -0.3 is 10.1 Å². The monoisotopic (exact) mass is 467 g/mol. The Labute approximate surface area is 198 Å². The van der Waals surface area contributed by atoms with E-state index < -0.39 is 0 Å². The van der Waals surface area contributed by atoms with Crippen LogP contribution in [-0.2, 0) is 17.8 Å². The number of carbonyl (C=O) groups excluding carboxylic acids is 1. The molecule has 0 saturated carbocycles. The van der Waals surface area contributed by atoms with E-state index in [0.29, 0.717) is 6.61 Å². The van der Waals surface area contributed by atoms with Crippen LogP contribution in [0.25, 0.3) is 10.6 Å². The maximum atomic E-state index is 12.8. The summed E-state index contributed by atoms with van der Waals surface area (Å²) < 4.78 is 5.72. The molecule has 7 heteroatoms. The fraction of sp³-hybridized carbons (Fsp3) is 0.360. The van der Waals surface area contributed by atoms with Crippen molar-refractivity contribution in [1.29, 1.82) is 0 Å². The van der Waals surface area contributed by atoms with Crippen LogP contribution in [0.2, 0.25) is 0 Å². The first-order chi connectivity index (χ1) is 15.6. The first-order valence-electron chi connectivity index (χ1n) is 11.0. The van der Waals surface area contributed by atoms with Crippen LogP contribution in [0, 0.1) is 6.92 Å². The lowest BCUT2D eigenvalue weighted by atomic mass is 10.1. The molecule has 1 saturated heterocycles. The molecule has 168 valence electrons. The van der Waals surface area contributed by atoms with Crippen LogP contribution in [0.1, 0.15) is 23.7 Å². The number of anilines is 1. The Hall–Kier alpha value is -2.35. The minimum absolute atomic E-state index is 0.0467. The second-order valence-electron chi connectivity index (χ2n) is 7.78. The predicted octanol–water partition coefficient (Wildman–Crippen LogP) is 5.25. The highest BCUT2D eigenvalue weighted by molar-refractivity contribution is 7.99. The van der Waals surface area contributed by atoms with Gasteiger partial charge in [0, 0.05) is 42.2 Å². The molecule has 0 atom stereocenters. The molecule has 1 N–H and O–H groups in total. The van der Waals surface area contributed by atoms with Gasteiger partial charge in [-0.2, -0.15) is 11.8 Å². The van der Waals surface area contributed by atoms with Crippen molar-refractivity contribution in [2.24, 2.45) is 0 Å². The third-order valence-electron chi connectivity index (χ3n) is 5.53. The summed E-state index contributed by atoms with van der Waals surface area (Å²) in [5.41, 5.74) is 5.04. The molecule has 1 aliphatic rings. The minimum atomic E-state index is -0.0467. The Morgan fingerprint density at radius 1 is 1.16 bits per heavy atom. The maximum absolute atomic E-state index is 12.8. The molecule has 4 rings (SSSR count). The van der Waals surface area contributed by atoms with Crippen LogP contribution in [0.5, 0.6) is 5.75 Å². The van der Waals surface area contributed by atoms with E-state index in [2.05, 4.69) is 23.2 Å². The molecule has 0 spiro atoms. The summed E-state index contributed by atoms with van der Waals surface area (Å²) in [6.45, 7) is 7.85.